The van der Waals surface area contributed by atoms with Crippen molar-refractivity contribution in [2.45, 2.75) is 42.9 Å². The number of hydrazine groups is 1. The quantitative estimate of drug-likeness (QED) is 0.566. The highest BCUT2D eigenvalue weighted by Crippen LogP contribution is 2.48. The summed E-state index contributed by atoms with van der Waals surface area (Å²) in [4.78, 5) is 16.7. The Morgan fingerprint density at radius 2 is 1.97 bits per heavy atom. The first-order valence-corrected chi connectivity index (χ1v) is 13.0. The number of hydrogen-bond acceptors (Lipinski definition) is 6. The van der Waals surface area contributed by atoms with Crippen molar-refractivity contribution in [1.29, 1.82) is 0 Å². The van der Waals surface area contributed by atoms with Crippen LogP contribution in [-0.2, 0) is 10.5 Å². The summed E-state index contributed by atoms with van der Waals surface area (Å²) in [6, 6.07) is 14.7. The number of rotatable bonds is 0. The molecular weight excluding hydrogens is 446 g/mol. The Labute approximate surface area is 204 Å². The Bertz CT molecular complexity index is 1190. The number of thioether (sulfide) groups is 1. The van der Waals surface area contributed by atoms with Crippen molar-refractivity contribution in [3.8, 4) is 5.75 Å². The van der Waals surface area contributed by atoms with Crippen molar-refractivity contribution < 1.29 is 14.6 Å². The molecule has 1 amide bonds. The Morgan fingerprint density at radius 1 is 1.09 bits per heavy atom. The van der Waals surface area contributed by atoms with E-state index in [4.69, 9.17) is 4.74 Å². The first kappa shape index (κ1) is 21.6. The largest absolute Gasteiger partial charge is 0.509 e. The maximum Gasteiger partial charge on any atom is 0.276 e. The van der Waals surface area contributed by atoms with Gasteiger partial charge in [0.05, 0.1) is 19.3 Å². The summed E-state index contributed by atoms with van der Waals surface area (Å²) >= 11 is 1.84. The second kappa shape index (κ2) is 8.71. The van der Waals surface area contributed by atoms with Gasteiger partial charge in [-0.1, -0.05) is 43.3 Å². The zero-order chi connectivity index (χ0) is 23.2. The number of aliphatic hydroxyl groups excluding tert-OH is 1. The summed E-state index contributed by atoms with van der Waals surface area (Å²) in [6.07, 6.45) is 6.76. The van der Waals surface area contributed by atoms with Crippen molar-refractivity contribution in [1.82, 2.24) is 14.9 Å². The molecule has 4 aliphatic heterocycles. The van der Waals surface area contributed by atoms with E-state index in [1.807, 2.05) is 40.9 Å². The molecule has 0 spiro atoms. The molecule has 3 unspecified atom stereocenters. The number of allylic oxidation sites excluding steroid dienone is 1. The molecule has 7 heteroatoms. The van der Waals surface area contributed by atoms with Gasteiger partial charge in [-0.15, -0.1) is 11.8 Å². The lowest BCUT2D eigenvalue weighted by molar-refractivity contribution is -0.149. The number of benzene rings is 2. The highest BCUT2D eigenvalue weighted by Gasteiger charge is 2.44. The molecule has 4 aliphatic rings. The van der Waals surface area contributed by atoms with Crippen LogP contribution >= 0.6 is 11.8 Å². The first-order chi connectivity index (χ1) is 16.6. The molecule has 0 saturated carbocycles. The van der Waals surface area contributed by atoms with E-state index in [-0.39, 0.29) is 23.6 Å². The van der Waals surface area contributed by atoms with Gasteiger partial charge in [-0.25, -0.2) is 0 Å². The average molecular weight is 476 g/mol. The molecule has 0 aliphatic carbocycles. The second-order valence-corrected chi connectivity index (χ2v) is 10.3. The summed E-state index contributed by atoms with van der Waals surface area (Å²) in [7, 11) is 0. The van der Waals surface area contributed by atoms with Crippen molar-refractivity contribution in [2.24, 2.45) is 5.92 Å². The monoisotopic (exact) mass is 475 g/mol. The van der Waals surface area contributed by atoms with Gasteiger partial charge in [-0.05, 0) is 42.5 Å². The van der Waals surface area contributed by atoms with Crippen LogP contribution in [0.5, 0.6) is 5.75 Å². The molecule has 0 aromatic heterocycles. The number of carbonyl (C=O) groups is 1. The summed E-state index contributed by atoms with van der Waals surface area (Å²) in [5.41, 5.74) is 3.96. The Kier molecular flexibility index (Phi) is 5.54. The van der Waals surface area contributed by atoms with Gasteiger partial charge < -0.3 is 14.7 Å². The van der Waals surface area contributed by atoms with Crippen LogP contribution in [0.4, 0.5) is 0 Å². The zero-order valence-electron chi connectivity index (χ0n) is 19.3. The zero-order valence-corrected chi connectivity index (χ0v) is 20.1. The SMILES string of the molecule is CC1C=CN2C(=C1O)C(=O)N1CCCCCOc3cccc4c3C(c3ccccc3SC4)N2C1. The Morgan fingerprint density at radius 3 is 2.88 bits per heavy atom. The van der Waals surface area contributed by atoms with Gasteiger partial charge in [0, 0.05) is 34.9 Å². The molecule has 6 nitrogen and oxygen atoms in total. The fourth-order valence-corrected chi connectivity index (χ4v) is 6.42. The molecule has 3 atom stereocenters. The van der Waals surface area contributed by atoms with Crippen LogP contribution in [0.15, 0.2) is 71.1 Å². The summed E-state index contributed by atoms with van der Waals surface area (Å²) in [6.45, 7) is 3.70. The van der Waals surface area contributed by atoms with Crippen molar-refractivity contribution >= 4 is 17.7 Å². The van der Waals surface area contributed by atoms with Crippen LogP contribution in [0, 0.1) is 5.92 Å². The van der Waals surface area contributed by atoms with Crippen LogP contribution < -0.4 is 4.74 Å². The lowest BCUT2D eigenvalue weighted by atomic mass is 9.92. The second-order valence-electron chi connectivity index (χ2n) is 9.33. The summed E-state index contributed by atoms with van der Waals surface area (Å²) in [5.74, 6) is 1.61. The van der Waals surface area contributed by atoms with E-state index < -0.39 is 0 Å². The van der Waals surface area contributed by atoms with E-state index >= 15 is 0 Å². The number of ether oxygens (including phenoxy) is 1. The maximum atomic E-state index is 13.6. The van der Waals surface area contributed by atoms with Gasteiger partial charge in [0.2, 0.25) is 0 Å². The summed E-state index contributed by atoms with van der Waals surface area (Å²) < 4.78 is 6.40. The van der Waals surface area contributed by atoms with Crippen molar-refractivity contribution in [3.63, 3.8) is 0 Å². The molecule has 4 heterocycles. The number of aliphatic hydroxyl groups is 1. The first-order valence-electron chi connectivity index (χ1n) is 12.1. The molecule has 0 radical (unpaired) electrons. The maximum absolute atomic E-state index is 13.6. The lowest BCUT2D eigenvalue weighted by Gasteiger charge is -2.49. The van der Waals surface area contributed by atoms with Crippen LogP contribution in [-0.4, -0.2) is 45.8 Å². The van der Waals surface area contributed by atoms with E-state index in [2.05, 4.69) is 47.5 Å². The molecule has 1 fully saturated rings. The lowest BCUT2D eigenvalue weighted by Crippen LogP contribution is -2.58. The van der Waals surface area contributed by atoms with E-state index in [0.717, 1.165) is 36.3 Å². The Balaban J connectivity index is 1.60. The molecule has 2 aromatic rings. The van der Waals surface area contributed by atoms with Crippen LogP contribution in [0.25, 0.3) is 0 Å². The molecule has 2 aromatic carbocycles. The predicted octanol–water partition coefficient (Wildman–Crippen LogP) is 5.20. The van der Waals surface area contributed by atoms with Crippen LogP contribution in [0.1, 0.15) is 48.9 Å². The molecule has 34 heavy (non-hydrogen) atoms. The van der Waals surface area contributed by atoms with Crippen LogP contribution in [0.2, 0.25) is 0 Å². The fraction of sp³-hybridized carbons (Fsp3) is 0.370. The van der Waals surface area contributed by atoms with Gasteiger partial charge in [-0.3, -0.25) is 9.80 Å². The average Bonchev–Trinajstić information content (AvgIpc) is 3.01. The van der Waals surface area contributed by atoms with Crippen LogP contribution in [0.3, 0.4) is 0 Å². The number of hydrogen-bond donors (Lipinski definition) is 1. The molecule has 2 bridgehead atoms. The van der Waals surface area contributed by atoms with Gasteiger partial charge >= 0.3 is 0 Å². The number of carbonyl (C=O) groups excluding carboxylic acids is 1. The van der Waals surface area contributed by atoms with Gasteiger partial charge in [0.1, 0.15) is 11.5 Å². The van der Waals surface area contributed by atoms with Gasteiger partial charge in [0.25, 0.3) is 5.91 Å². The minimum absolute atomic E-state index is 0.0944. The minimum atomic E-state index is -0.195. The summed E-state index contributed by atoms with van der Waals surface area (Å²) in [5, 5.41) is 15.2. The van der Waals surface area contributed by atoms with Gasteiger partial charge in [-0.2, -0.15) is 5.01 Å². The fourth-order valence-electron chi connectivity index (χ4n) is 5.34. The standard InChI is InChI=1S/C27H29N3O3S/c1-18-12-14-29-25(26(18)31)27(32)28-13-5-2-6-15-33-21-10-7-8-19-16-34-22-11-4-3-9-20(22)24(23(19)21)30(29)17-28/h3-4,7-12,14,18,24,31H,2,5-6,13,15-17H2,1H3. The van der Waals surface area contributed by atoms with E-state index in [1.54, 1.807) is 0 Å². The van der Waals surface area contributed by atoms with E-state index in [0.29, 0.717) is 25.5 Å². The topological polar surface area (TPSA) is 56.3 Å². The Hall–Kier alpha value is -2.90. The smallest absolute Gasteiger partial charge is 0.276 e. The highest BCUT2D eigenvalue weighted by atomic mass is 32.2. The molecule has 6 rings (SSSR count). The van der Waals surface area contributed by atoms with Crippen molar-refractivity contribution in [2.75, 3.05) is 19.8 Å². The van der Waals surface area contributed by atoms with Gasteiger partial charge in [0.15, 0.2) is 5.70 Å². The van der Waals surface area contributed by atoms with E-state index in [1.165, 1.54) is 16.0 Å². The minimum Gasteiger partial charge on any atom is -0.509 e. The third-order valence-electron chi connectivity index (χ3n) is 7.16. The number of amides is 1. The third-order valence-corrected chi connectivity index (χ3v) is 8.29. The van der Waals surface area contributed by atoms with Crippen molar-refractivity contribution in [3.05, 3.63) is 82.9 Å². The molecule has 176 valence electrons. The predicted molar refractivity (Wildman–Crippen MR) is 132 cm³/mol. The van der Waals surface area contributed by atoms with E-state index in [9.17, 15) is 9.90 Å². The highest BCUT2D eigenvalue weighted by molar-refractivity contribution is 7.98. The normalized spacial score (nSPS) is 26.4. The molecule has 1 N–H and O–H groups in total. The number of fused-ring (bicyclic) bond motifs is 7. The number of nitrogens with zero attached hydrogens (tertiary/aromatic N) is 3. The third kappa shape index (κ3) is 3.49. The molecule has 1 saturated heterocycles. The molecular formula is C27H29N3O3S.